The number of aryl methyl sites for hydroxylation is 1. The number of amides is 1. The van der Waals surface area contributed by atoms with Gasteiger partial charge in [-0.2, -0.15) is 0 Å². The molecule has 1 heterocycles. The van der Waals surface area contributed by atoms with E-state index >= 15 is 0 Å². The van der Waals surface area contributed by atoms with Crippen LogP contribution in [-0.4, -0.2) is 27.5 Å². The molecule has 2 aromatic carbocycles. The fraction of sp³-hybridized carbons (Fsp3) is 0.238. The molecule has 0 atom stereocenters. The van der Waals surface area contributed by atoms with Crippen LogP contribution < -0.4 is 20.8 Å². The highest BCUT2D eigenvalue weighted by Gasteiger charge is 2.10. The lowest BCUT2D eigenvalue weighted by Gasteiger charge is -2.09. The highest BCUT2D eigenvalue weighted by atomic mass is 32.2. The number of nitrogens with two attached hydrogens (primary N) is 1. The molecule has 3 N–H and O–H groups in total. The predicted octanol–water partition coefficient (Wildman–Crippen LogP) is 1.79. The second-order valence-electron chi connectivity index (χ2n) is 6.88. The predicted molar refractivity (Wildman–Crippen MR) is 112 cm³/mol. The Kier molecular flexibility index (Phi) is 6.23. The highest BCUT2D eigenvalue weighted by molar-refractivity contribution is 7.89. The number of primary sulfonamides is 1. The molecule has 8 nitrogen and oxygen atoms in total. The van der Waals surface area contributed by atoms with E-state index in [1.165, 1.54) is 12.1 Å². The lowest BCUT2D eigenvalue weighted by molar-refractivity contribution is -0.123. The van der Waals surface area contributed by atoms with E-state index in [2.05, 4.69) is 5.32 Å². The highest BCUT2D eigenvalue weighted by Crippen LogP contribution is 2.23. The van der Waals surface area contributed by atoms with Gasteiger partial charge in [0.2, 0.25) is 10.0 Å². The SMILES string of the molecule is Cc1c(C)c2ccc(OCC(=O)NCCc3ccc(S(N)(=O)=O)cc3)cc2oc1=O. The molecule has 0 aliphatic heterocycles. The maximum absolute atomic E-state index is 12.0. The van der Waals surface area contributed by atoms with Crippen molar-refractivity contribution in [2.75, 3.05) is 13.2 Å². The molecule has 3 aromatic rings. The van der Waals surface area contributed by atoms with Crippen molar-refractivity contribution >= 4 is 26.9 Å². The maximum atomic E-state index is 12.0. The Balaban J connectivity index is 1.52. The summed E-state index contributed by atoms with van der Waals surface area (Å²) in [4.78, 5) is 23.9. The first-order valence-electron chi connectivity index (χ1n) is 9.20. The number of rotatable bonds is 7. The van der Waals surface area contributed by atoms with E-state index in [4.69, 9.17) is 14.3 Å². The minimum Gasteiger partial charge on any atom is -0.484 e. The van der Waals surface area contributed by atoms with Gasteiger partial charge < -0.3 is 14.5 Å². The van der Waals surface area contributed by atoms with Gasteiger partial charge in [-0.25, -0.2) is 18.4 Å². The van der Waals surface area contributed by atoms with Crippen LogP contribution in [0.4, 0.5) is 0 Å². The third-order valence-electron chi connectivity index (χ3n) is 4.79. The Hall–Kier alpha value is -3.17. The van der Waals surface area contributed by atoms with E-state index < -0.39 is 15.6 Å². The molecule has 3 rings (SSSR count). The van der Waals surface area contributed by atoms with Crippen LogP contribution in [-0.2, 0) is 21.2 Å². The molecular formula is C21H22N2O6S. The Morgan fingerprint density at radius 3 is 2.47 bits per heavy atom. The number of ether oxygens (including phenoxy) is 1. The van der Waals surface area contributed by atoms with Crippen molar-refractivity contribution in [3.63, 3.8) is 0 Å². The number of benzene rings is 2. The molecule has 0 bridgehead atoms. The topological polar surface area (TPSA) is 129 Å². The molecule has 0 unspecified atom stereocenters. The van der Waals surface area contributed by atoms with Crippen LogP contribution in [0.3, 0.4) is 0 Å². The molecule has 0 aliphatic carbocycles. The van der Waals surface area contributed by atoms with Gasteiger partial charge in [0, 0.05) is 23.6 Å². The molecule has 0 fully saturated rings. The standard InChI is InChI=1S/C21H22N2O6S/c1-13-14(2)21(25)29-19-11-16(5-8-18(13)19)28-12-20(24)23-10-9-15-3-6-17(7-4-15)30(22,26)27/h3-8,11H,9-10,12H2,1-2H3,(H,23,24)(H2,22,26,27). The molecule has 0 saturated heterocycles. The number of hydrogen-bond donors (Lipinski definition) is 2. The second-order valence-corrected chi connectivity index (χ2v) is 8.44. The van der Waals surface area contributed by atoms with Gasteiger partial charge in [0.05, 0.1) is 4.90 Å². The Morgan fingerprint density at radius 2 is 1.80 bits per heavy atom. The van der Waals surface area contributed by atoms with Crippen LogP contribution >= 0.6 is 0 Å². The van der Waals surface area contributed by atoms with Gasteiger partial charge in [-0.15, -0.1) is 0 Å². The van der Waals surface area contributed by atoms with Gasteiger partial charge in [-0.3, -0.25) is 4.79 Å². The van der Waals surface area contributed by atoms with Crippen molar-refractivity contribution in [2.45, 2.75) is 25.2 Å². The van der Waals surface area contributed by atoms with Crippen molar-refractivity contribution in [1.29, 1.82) is 0 Å². The molecule has 0 saturated carbocycles. The zero-order valence-corrected chi connectivity index (χ0v) is 17.4. The van der Waals surface area contributed by atoms with Crippen LogP contribution in [0.25, 0.3) is 11.0 Å². The number of hydrogen-bond acceptors (Lipinski definition) is 6. The van der Waals surface area contributed by atoms with Crippen LogP contribution in [0.5, 0.6) is 5.75 Å². The van der Waals surface area contributed by atoms with Crippen LogP contribution in [0, 0.1) is 13.8 Å². The average Bonchev–Trinajstić information content (AvgIpc) is 2.70. The molecule has 1 aromatic heterocycles. The van der Waals surface area contributed by atoms with Gasteiger partial charge in [-0.05, 0) is 55.7 Å². The van der Waals surface area contributed by atoms with Crippen molar-refractivity contribution in [2.24, 2.45) is 5.14 Å². The summed E-state index contributed by atoms with van der Waals surface area (Å²) in [5.74, 6) is 0.112. The summed E-state index contributed by atoms with van der Waals surface area (Å²) in [6.45, 7) is 3.74. The molecule has 0 radical (unpaired) electrons. The number of carbonyl (C=O) groups is 1. The van der Waals surface area contributed by atoms with Gasteiger partial charge in [0.15, 0.2) is 6.61 Å². The second kappa shape index (κ2) is 8.68. The molecule has 1 amide bonds. The summed E-state index contributed by atoms with van der Waals surface area (Å²) >= 11 is 0. The number of sulfonamides is 1. The molecule has 0 spiro atoms. The van der Waals surface area contributed by atoms with Crippen LogP contribution in [0.1, 0.15) is 16.7 Å². The van der Waals surface area contributed by atoms with E-state index in [0.29, 0.717) is 29.9 Å². The van der Waals surface area contributed by atoms with Crippen LogP contribution in [0.2, 0.25) is 0 Å². The van der Waals surface area contributed by atoms with E-state index in [1.807, 2.05) is 6.92 Å². The Bertz CT molecular complexity index is 1250. The first-order valence-corrected chi connectivity index (χ1v) is 10.7. The fourth-order valence-corrected chi connectivity index (χ4v) is 3.43. The molecule has 9 heteroatoms. The minimum atomic E-state index is -3.72. The molecular weight excluding hydrogens is 408 g/mol. The van der Waals surface area contributed by atoms with Crippen LogP contribution in [0.15, 0.2) is 56.6 Å². The van der Waals surface area contributed by atoms with Gasteiger partial charge in [0.1, 0.15) is 11.3 Å². The normalized spacial score (nSPS) is 11.4. The molecule has 0 aliphatic rings. The summed E-state index contributed by atoms with van der Waals surface area (Å²) in [6, 6.07) is 11.2. The Morgan fingerprint density at radius 1 is 1.10 bits per heavy atom. The van der Waals surface area contributed by atoms with Gasteiger partial charge in [0.25, 0.3) is 5.91 Å². The number of nitrogens with one attached hydrogen (secondary N) is 1. The number of fused-ring (bicyclic) bond motifs is 1. The van der Waals surface area contributed by atoms with E-state index in [0.717, 1.165) is 16.5 Å². The summed E-state index contributed by atoms with van der Waals surface area (Å²) in [7, 11) is -3.72. The van der Waals surface area contributed by atoms with Gasteiger partial charge in [-0.1, -0.05) is 12.1 Å². The zero-order chi connectivity index (χ0) is 21.9. The zero-order valence-electron chi connectivity index (χ0n) is 16.6. The average molecular weight is 430 g/mol. The monoisotopic (exact) mass is 430 g/mol. The largest absolute Gasteiger partial charge is 0.484 e. The summed E-state index contributed by atoms with van der Waals surface area (Å²) in [5.41, 5.74) is 2.28. The van der Waals surface area contributed by atoms with Gasteiger partial charge >= 0.3 is 5.63 Å². The molecule has 158 valence electrons. The smallest absolute Gasteiger partial charge is 0.339 e. The maximum Gasteiger partial charge on any atom is 0.339 e. The first-order chi connectivity index (χ1) is 14.1. The lowest BCUT2D eigenvalue weighted by Crippen LogP contribution is -2.30. The third-order valence-corrected chi connectivity index (χ3v) is 5.72. The van der Waals surface area contributed by atoms with Crippen molar-refractivity contribution in [1.82, 2.24) is 5.32 Å². The summed E-state index contributed by atoms with van der Waals surface area (Å²) < 4.78 is 33.3. The Labute approximate surface area is 173 Å². The summed E-state index contributed by atoms with van der Waals surface area (Å²) in [6.07, 6.45) is 0.524. The summed E-state index contributed by atoms with van der Waals surface area (Å²) in [5, 5.41) is 8.61. The van der Waals surface area contributed by atoms with E-state index in [1.54, 1.807) is 37.3 Å². The van der Waals surface area contributed by atoms with E-state index in [-0.39, 0.29) is 17.4 Å². The quantitative estimate of drug-likeness (QED) is 0.550. The lowest BCUT2D eigenvalue weighted by atomic mass is 10.1. The van der Waals surface area contributed by atoms with Crippen molar-refractivity contribution < 1.29 is 22.4 Å². The number of carbonyl (C=O) groups excluding carboxylic acids is 1. The third kappa shape index (κ3) is 5.05. The van der Waals surface area contributed by atoms with E-state index in [9.17, 15) is 18.0 Å². The first kappa shape index (κ1) is 21.5. The van der Waals surface area contributed by atoms with Crippen molar-refractivity contribution in [3.05, 3.63) is 69.6 Å². The fourth-order valence-electron chi connectivity index (χ4n) is 2.91. The van der Waals surface area contributed by atoms with Crippen molar-refractivity contribution in [3.8, 4) is 5.75 Å². The minimum absolute atomic E-state index is 0.0419. The molecule has 30 heavy (non-hydrogen) atoms.